The number of ether oxygens (including phenoxy) is 1. The summed E-state index contributed by atoms with van der Waals surface area (Å²) in [5.41, 5.74) is 3.32. The van der Waals surface area contributed by atoms with Gasteiger partial charge in [-0.2, -0.15) is 4.31 Å². The average molecular weight is 403 g/mol. The van der Waals surface area contributed by atoms with E-state index in [-0.39, 0.29) is 5.56 Å². The van der Waals surface area contributed by atoms with Gasteiger partial charge >= 0.3 is 0 Å². The number of hydrogen-bond acceptors (Lipinski definition) is 4. The first-order chi connectivity index (χ1) is 13.4. The Balaban J connectivity index is 1.84. The predicted molar refractivity (Wildman–Crippen MR) is 109 cm³/mol. The van der Waals surface area contributed by atoms with Crippen LogP contribution in [0.1, 0.15) is 30.5 Å². The number of pyridine rings is 1. The van der Waals surface area contributed by atoms with Gasteiger partial charge in [-0.15, -0.1) is 0 Å². The largest absolute Gasteiger partial charge is 0.497 e. The molecule has 2 aromatic rings. The molecule has 6 nitrogen and oxygen atoms in total. The number of hydrogen-bond donors (Lipinski definition) is 0. The second kappa shape index (κ2) is 7.37. The highest BCUT2D eigenvalue weighted by atomic mass is 32.2. The lowest BCUT2D eigenvalue weighted by molar-refractivity contribution is 0.267. The first-order valence-corrected chi connectivity index (χ1v) is 11.6. The Bertz CT molecular complexity index is 1050. The zero-order chi connectivity index (χ0) is 19.9. The van der Waals surface area contributed by atoms with Crippen molar-refractivity contribution in [3.63, 3.8) is 0 Å². The van der Waals surface area contributed by atoms with Crippen LogP contribution < -0.4 is 10.3 Å². The van der Waals surface area contributed by atoms with Gasteiger partial charge in [0.2, 0.25) is 10.0 Å². The molecule has 1 aromatic heterocycles. The van der Waals surface area contributed by atoms with Gasteiger partial charge in [0.05, 0.1) is 13.4 Å². The number of fused-ring (bicyclic) bond motifs is 1. The minimum Gasteiger partial charge on any atom is -0.497 e. The van der Waals surface area contributed by atoms with Crippen LogP contribution in [0.4, 0.5) is 0 Å². The highest BCUT2D eigenvalue weighted by Crippen LogP contribution is 2.31. The molecule has 7 heteroatoms. The molecular formula is C21H26N2O4S. The number of aromatic nitrogens is 1. The molecule has 2 aliphatic rings. The summed E-state index contributed by atoms with van der Waals surface area (Å²) in [5, 5.41) is 0. The second-order valence-electron chi connectivity index (χ2n) is 7.82. The fraction of sp³-hybridized carbons (Fsp3) is 0.476. The first-order valence-electron chi connectivity index (χ1n) is 9.72. The Morgan fingerprint density at radius 2 is 2.00 bits per heavy atom. The smallest absolute Gasteiger partial charge is 0.258 e. The number of rotatable bonds is 5. The van der Waals surface area contributed by atoms with E-state index >= 15 is 0 Å². The van der Waals surface area contributed by atoms with E-state index in [1.807, 2.05) is 34.9 Å². The molecule has 0 saturated heterocycles. The van der Waals surface area contributed by atoms with E-state index in [9.17, 15) is 13.2 Å². The van der Waals surface area contributed by atoms with Crippen molar-refractivity contribution in [1.29, 1.82) is 0 Å². The van der Waals surface area contributed by atoms with Gasteiger partial charge in [0.15, 0.2) is 0 Å². The quantitative estimate of drug-likeness (QED) is 0.771. The molecule has 0 atom stereocenters. The number of sulfonamides is 1. The van der Waals surface area contributed by atoms with Crippen LogP contribution in [0.25, 0.3) is 11.1 Å². The van der Waals surface area contributed by atoms with Gasteiger partial charge in [0, 0.05) is 37.3 Å². The Morgan fingerprint density at radius 1 is 1.21 bits per heavy atom. The van der Waals surface area contributed by atoms with Crippen molar-refractivity contribution < 1.29 is 13.2 Å². The Kier molecular flexibility index (Phi) is 5.05. The predicted octanol–water partition coefficient (Wildman–Crippen LogP) is 2.64. The molecule has 2 heterocycles. The van der Waals surface area contributed by atoms with Crippen LogP contribution in [0.3, 0.4) is 0 Å². The van der Waals surface area contributed by atoms with Crippen LogP contribution >= 0.6 is 0 Å². The molecular weight excluding hydrogens is 376 g/mol. The highest BCUT2D eigenvalue weighted by molar-refractivity contribution is 7.88. The van der Waals surface area contributed by atoms with Crippen LogP contribution in [0.15, 0.2) is 35.1 Å². The summed E-state index contributed by atoms with van der Waals surface area (Å²) < 4.78 is 32.8. The normalized spacial score (nSPS) is 17.8. The molecule has 1 fully saturated rings. The third-order valence-corrected chi connectivity index (χ3v) is 7.20. The summed E-state index contributed by atoms with van der Waals surface area (Å²) in [6.07, 6.45) is 5.34. The van der Waals surface area contributed by atoms with Gasteiger partial charge in [-0.1, -0.05) is 18.6 Å². The molecule has 4 rings (SSSR count). The molecule has 0 radical (unpaired) electrons. The fourth-order valence-electron chi connectivity index (χ4n) is 4.10. The lowest BCUT2D eigenvalue weighted by atomic mass is 9.85. The lowest BCUT2D eigenvalue weighted by Gasteiger charge is -2.32. The van der Waals surface area contributed by atoms with Crippen LogP contribution in [0.5, 0.6) is 5.75 Å². The summed E-state index contributed by atoms with van der Waals surface area (Å²) >= 11 is 0. The van der Waals surface area contributed by atoms with E-state index in [0.29, 0.717) is 36.7 Å². The Morgan fingerprint density at radius 3 is 2.64 bits per heavy atom. The maximum Gasteiger partial charge on any atom is 0.258 e. The van der Waals surface area contributed by atoms with Gasteiger partial charge in [-0.3, -0.25) is 4.79 Å². The highest BCUT2D eigenvalue weighted by Gasteiger charge is 2.28. The molecule has 0 unspecified atom stereocenters. The molecule has 150 valence electrons. The SMILES string of the molecule is COc1cccc(-c2cc3c(n(CC4CCC4)c2=O)CCN(S(C)(=O)=O)C3)c1. The summed E-state index contributed by atoms with van der Waals surface area (Å²) in [6.45, 7) is 1.46. The minimum absolute atomic E-state index is 0.00621. The van der Waals surface area contributed by atoms with Crippen molar-refractivity contribution in [3.8, 4) is 16.9 Å². The van der Waals surface area contributed by atoms with Gasteiger partial charge < -0.3 is 9.30 Å². The third kappa shape index (κ3) is 3.61. The zero-order valence-corrected chi connectivity index (χ0v) is 17.2. The summed E-state index contributed by atoms with van der Waals surface area (Å²) in [6, 6.07) is 9.35. The van der Waals surface area contributed by atoms with Crippen LogP contribution in [0, 0.1) is 5.92 Å². The first kappa shape index (κ1) is 19.2. The number of benzene rings is 1. The molecule has 1 aliphatic heterocycles. The van der Waals surface area contributed by atoms with Crippen molar-refractivity contribution in [2.75, 3.05) is 19.9 Å². The van der Waals surface area contributed by atoms with Crippen molar-refractivity contribution in [1.82, 2.24) is 8.87 Å². The molecule has 1 aliphatic carbocycles. The number of methoxy groups -OCH3 is 1. The topological polar surface area (TPSA) is 68.6 Å². The van der Waals surface area contributed by atoms with E-state index in [1.165, 1.54) is 17.0 Å². The van der Waals surface area contributed by atoms with Crippen molar-refractivity contribution in [2.45, 2.75) is 38.8 Å². The monoisotopic (exact) mass is 402 g/mol. The number of nitrogens with zero attached hydrogens (tertiary/aromatic N) is 2. The molecule has 0 N–H and O–H groups in total. The molecule has 0 bridgehead atoms. The zero-order valence-electron chi connectivity index (χ0n) is 16.3. The fourth-order valence-corrected chi connectivity index (χ4v) is 4.90. The van der Waals surface area contributed by atoms with Gasteiger partial charge in [0.25, 0.3) is 5.56 Å². The summed E-state index contributed by atoms with van der Waals surface area (Å²) in [4.78, 5) is 13.4. The van der Waals surface area contributed by atoms with E-state index in [1.54, 1.807) is 7.11 Å². The molecule has 1 aromatic carbocycles. The van der Waals surface area contributed by atoms with Crippen LogP contribution in [-0.2, 0) is 29.5 Å². The lowest BCUT2D eigenvalue weighted by Crippen LogP contribution is -2.40. The maximum atomic E-state index is 13.4. The second-order valence-corrected chi connectivity index (χ2v) is 9.80. The van der Waals surface area contributed by atoms with Gasteiger partial charge in [-0.05, 0) is 48.1 Å². The summed E-state index contributed by atoms with van der Waals surface area (Å²) in [7, 11) is -1.67. The Hall–Kier alpha value is -2.12. The van der Waals surface area contributed by atoms with Crippen molar-refractivity contribution >= 4 is 10.0 Å². The molecule has 0 amide bonds. The van der Waals surface area contributed by atoms with Gasteiger partial charge in [-0.25, -0.2) is 8.42 Å². The average Bonchev–Trinajstić information content (AvgIpc) is 2.64. The van der Waals surface area contributed by atoms with E-state index in [4.69, 9.17) is 4.74 Å². The minimum atomic E-state index is -3.27. The van der Waals surface area contributed by atoms with Crippen molar-refractivity contribution in [3.05, 3.63) is 51.9 Å². The van der Waals surface area contributed by atoms with E-state index < -0.39 is 10.0 Å². The van der Waals surface area contributed by atoms with E-state index in [0.717, 1.165) is 36.2 Å². The van der Waals surface area contributed by atoms with E-state index in [2.05, 4.69) is 0 Å². The van der Waals surface area contributed by atoms with Gasteiger partial charge in [0.1, 0.15) is 5.75 Å². The molecule has 1 saturated carbocycles. The molecule has 0 spiro atoms. The molecule has 28 heavy (non-hydrogen) atoms. The third-order valence-electron chi connectivity index (χ3n) is 5.95. The standard InChI is InChI=1S/C21H26N2O4S/c1-27-18-8-4-7-16(11-18)19-12-17-14-22(28(2,25)26)10-9-20(17)23(21(19)24)13-15-5-3-6-15/h4,7-8,11-12,15H,3,5-6,9-10,13-14H2,1-2H3. The summed E-state index contributed by atoms with van der Waals surface area (Å²) in [5.74, 6) is 1.23. The van der Waals surface area contributed by atoms with Crippen LogP contribution in [0.2, 0.25) is 0 Å². The van der Waals surface area contributed by atoms with Crippen molar-refractivity contribution in [2.24, 2.45) is 5.92 Å². The van der Waals surface area contributed by atoms with Crippen LogP contribution in [-0.4, -0.2) is 37.2 Å². The Labute approximate surface area is 165 Å². The maximum absolute atomic E-state index is 13.4.